The van der Waals surface area contributed by atoms with Gasteiger partial charge in [-0.05, 0) is 53.9 Å². The average Bonchev–Trinajstić information content (AvgIpc) is 3.14. The van der Waals surface area contributed by atoms with Crippen molar-refractivity contribution in [2.45, 2.75) is 19.9 Å². The molecule has 29 heavy (non-hydrogen) atoms. The van der Waals surface area contributed by atoms with Crippen LogP contribution in [0.15, 0.2) is 71.7 Å². The quantitative estimate of drug-likeness (QED) is 0.748. The largest absolute Gasteiger partial charge is 0.322 e. The summed E-state index contributed by atoms with van der Waals surface area (Å²) in [6, 6.07) is 17.9. The molecule has 0 radical (unpaired) electrons. The summed E-state index contributed by atoms with van der Waals surface area (Å²) in [6.07, 6.45) is 2.50. The summed E-state index contributed by atoms with van der Waals surface area (Å²) < 4.78 is 1.63. The van der Waals surface area contributed by atoms with Crippen molar-refractivity contribution in [1.82, 2.24) is 4.57 Å². The molecule has 2 aromatic carbocycles. The van der Waals surface area contributed by atoms with Gasteiger partial charge in [-0.2, -0.15) is 0 Å². The van der Waals surface area contributed by atoms with Crippen LogP contribution in [0, 0.1) is 0 Å². The first-order valence-electron chi connectivity index (χ1n) is 9.48. The maximum Gasteiger partial charge on any atom is 0.255 e. The van der Waals surface area contributed by atoms with Crippen molar-refractivity contribution >= 4 is 23.2 Å². The summed E-state index contributed by atoms with van der Waals surface area (Å²) in [4.78, 5) is 37.8. The van der Waals surface area contributed by atoms with Crippen molar-refractivity contribution < 1.29 is 9.59 Å². The summed E-state index contributed by atoms with van der Waals surface area (Å²) >= 11 is 0. The summed E-state index contributed by atoms with van der Waals surface area (Å²) in [5.41, 5.74) is 4.06. The molecule has 1 aromatic heterocycles. The molecule has 1 N–H and O–H groups in total. The molecule has 0 aliphatic carbocycles. The minimum absolute atomic E-state index is 0.0128. The monoisotopic (exact) mass is 387 g/mol. The van der Waals surface area contributed by atoms with Crippen molar-refractivity contribution in [1.29, 1.82) is 0 Å². The van der Waals surface area contributed by atoms with Crippen molar-refractivity contribution in [2.24, 2.45) is 0 Å². The summed E-state index contributed by atoms with van der Waals surface area (Å²) in [6.45, 7) is 2.68. The molecular weight excluding hydrogens is 366 g/mol. The first kappa shape index (κ1) is 18.7. The summed E-state index contributed by atoms with van der Waals surface area (Å²) in [5.74, 6) is -0.181. The van der Waals surface area contributed by atoms with E-state index in [0.29, 0.717) is 24.3 Å². The Hall–Kier alpha value is -3.67. The molecule has 4 rings (SSSR count). The van der Waals surface area contributed by atoms with E-state index in [1.54, 1.807) is 34.7 Å². The minimum Gasteiger partial charge on any atom is -0.322 e. The van der Waals surface area contributed by atoms with Gasteiger partial charge in [0.05, 0.1) is 6.54 Å². The molecule has 6 heteroatoms. The van der Waals surface area contributed by atoms with E-state index in [-0.39, 0.29) is 17.4 Å². The number of pyridine rings is 1. The standard InChI is InChI=1S/C23H21N3O3/c1-16(27)26-13-11-18-14-19(7-10-21(18)26)23(29)24-20-8-5-17(6-9-20)15-25-12-3-2-4-22(25)28/h2-10,12,14H,11,13,15H2,1H3,(H,24,29). The highest BCUT2D eigenvalue weighted by atomic mass is 16.2. The predicted molar refractivity (Wildman–Crippen MR) is 112 cm³/mol. The number of hydrogen-bond donors (Lipinski definition) is 1. The number of nitrogens with zero attached hydrogens (tertiary/aromatic N) is 2. The van der Waals surface area contributed by atoms with Gasteiger partial charge in [0.15, 0.2) is 0 Å². The minimum atomic E-state index is -0.193. The van der Waals surface area contributed by atoms with E-state index in [9.17, 15) is 14.4 Å². The van der Waals surface area contributed by atoms with Gasteiger partial charge in [0.1, 0.15) is 0 Å². The van der Waals surface area contributed by atoms with Crippen LogP contribution in [0.25, 0.3) is 0 Å². The number of rotatable bonds is 4. The topological polar surface area (TPSA) is 71.4 Å². The zero-order chi connectivity index (χ0) is 20.4. The maximum atomic E-state index is 12.6. The Morgan fingerprint density at radius 3 is 2.55 bits per heavy atom. The number of hydrogen-bond acceptors (Lipinski definition) is 3. The molecule has 0 spiro atoms. The van der Waals surface area contributed by atoms with E-state index in [1.165, 1.54) is 6.07 Å². The Morgan fingerprint density at radius 1 is 1.03 bits per heavy atom. The van der Waals surface area contributed by atoms with Crippen LogP contribution >= 0.6 is 0 Å². The highest BCUT2D eigenvalue weighted by Crippen LogP contribution is 2.29. The van der Waals surface area contributed by atoms with Crippen LogP contribution in [0.4, 0.5) is 11.4 Å². The van der Waals surface area contributed by atoms with Gasteiger partial charge in [-0.3, -0.25) is 14.4 Å². The molecule has 0 saturated carbocycles. The zero-order valence-corrected chi connectivity index (χ0v) is 16.1. The number of carbonyl (C=O) groups excluding carboxylic acids is 2. The fourth-order valence-electron chi connectivity index (χ4n) is 3.55. The lowest BCUT2D eigenvalue weighted by Crippen LogP contribution is -2.25. The van der Waals surface area contributed by atoms with E-state index >= 15 is 0 Å². The summed E-state index contributed by atoms with van der Waals surface area (Å²) in [7, 11) is 0. The van der Waals surface area contributed by atoms with E-state index in [0.717, 1.165) is 23.2 Å². The summed E-state index contributed by atoms with van der Waals surface area (Å²) in [5, 5.41) is 2.90. The Labute approximate surface area is 168 Å². The van der Waals surface area contributed by atoms with Crippen LogP contribution in [0.3, 0.4) is 0 Å². The number of fused-ring (bicyclic) bond motifs is 1. The third-order valence-corrected chi connectivity index (χ3v) is 5.08. The first-order chi connectivity index (χ1) is 14.0. The zero-order valence-electron chi connectivity index (χ0n) is 16.1. The van der Waals surface area contributed by atoms with Gasteiger partial charge in [-0.25, -0.2) is 0 Å². The van der Waals surface area contributed by atoms with Gasteiger partial charge in [-0.1, -0.05) is 18.2 Å². The van der Waals surface area contributed by atoms with Crippen LogP contribution < -0.4 is 15.8 Å². The van der Waals surface area contributed by atoms with Crippen molar-refractivity contribution in [3.8, 4) is 0 Å². The molecule has 2 heterocycles. The molecule has 0 saturated heterocycles. The number of carbonyl (C=O) groups is 2. The Bertz CT molecular complexity index is 1130. The second-order valence-corrected chi connectivity index (χ2v) is 7.08. The van der Waals surface area contributed by atoms with Gasteiger partial charge in [0.25, 0.3) is 11.5 Å². The second kappa shape index (κ2) is 7.75. The number of anilines is 2. The van der Waals surface area contributed by atoms with E-state index in [1.807, 2.05) is 42.5 Å². The third-order valence-electron chi connectivity index (χ3n) is 5.08. The SMILES string of the molecule is CC(=O)N1CCc2cc(C(=O)Nc3ccc(Cn4ccccc4=O)cc3)ccc21. The smallest absolute Gasteiger partial charge is 0.255 e. The van der Waals surface area contributed by atoms with Gasteiger partial charge in [-0.15, -0.1) is 0 Å². The van der Waals surface area contributed by atoms with Crippen LogP contribution in [0.5, 0.6) is 0 Å². The molecular formula is C23H21N3O3. The molecule has 6 nitrogen and oxygen atoms in total. The number of benzene rings is 2. The highest BCUT2D eigenvalue weighted by molar-refractivity contribution is 6.05. The van der Waals surface area contributed by atoms with E-state index in [4.69, 9.17) is 0 Å². The van der Waals surface area contributed by atoms with Gasteiger partial charge >= 0.3 is 0 Å². The normalized spacial score (nSPS) is 12.5. The fourth-order valence-corrected chi connectivity index (χ4v) is 3.55. The third kappa shape index (κ3) is 3.96. The lowest BCUT2D eigenvalue weighted by Gasteiger charge is -2.15. The molecule has 0 unspecified atom stereocenters. The molecule has 3 aromatic rings. The van der Waals surface area contributed by atoms with Gasteiger partial charge in [0.2, 0.25) is 5.91 Å². The molecule has 146 valence electrons. The van der Waals surface area contributed by atoms with Crippen LogP contribution in [0.1, 0.15) is 28.4 Å². The molecule has 0 fully saturated rings. The highest BCUT2D eigenvalue weighted by Gasteiger charge is 2.23. The molecule has 2 amide bonds. The lowest BCUT2D eigenvalue weighted by molar-refractivity contribution is -0.116. The van der Waals surface area contributed by atoms with Crippen LogP contribution in [-0.2, 0) is 17.8 Å². The Balaban J connectivity index is 1.44. The van der Waals surface area contributed by atoms with E-state index in [2.05, 4.69) is 5.32 Å². The number of nitrogens with one attached hydrogen (secondary N) is 1. The average molecular weight is 387 g/mol. The Kier molecular flexibility index (Phi) is 4.99. The van der Waals surface area contributed by atoms with E-state index < -0.39 is 0 Å². The number of amides is 2. The predicted octanol–water partition coefficient (Wildman–Crippen LogP) is 3.06. The number of aromatic nitrogens is 1. The van der Waals surface area contributed by atoms with Crippen molar-refractivity contribution in [3.63, 3.8) is 0 Å². The maximum absolute atomic E-state index is 12.6. The first-order valence-corrected chi connectivity index (χ1v) is 9.48. The second-order valence-electron chi connectivity index (χ2n) is 7.08. The van der Waals surface area contributed by atoms with Crippen molar-refractivity contribution in [3.05, 3.63) is 93.9 Å². The lowest BCUT2D eigenvalue weighted by atomic mass is 10.1. The molecule has 1 aliphatic heterocycles. The molecule has 0 bridgehead atoms. The molecule has 0 atom stereocenters. The van der Waals surface area contributed by atoms with Gasteiger partial charge < -0.3 is 14.8 Å². The van der Waals surface area contributed by atoms with Crippen molar-refractivity contribution in [2.75, 3.05) is 16.8 Å². The molecule has 1 aliphatic rings. The van der Waals surface area contributed by atoms with Crippen LogP contribution in [-0.4, -0.2) is 22.9 Å². The Morgan fingerprint density at radius 2 is 1.83 bits per heavy atom. The van der Waals surface area contributed by atoms with Gasteiger partial charge in [0, 0.05) is 42.7 Å². The fraction of sp³-hybridized carbons (Fsp3) is 0.174. The van der Waals surface area contributed by atoms with Crippen LogP contribution in [0.2, 0.25) is 0 Å².